The Morgan fingerprint density at radius 2 is 1.60 bits per heavy atom. The predicted octanol–water partition coefficient (Wildman–Crippen LogP) is 1.60. The molecule has 0 aliphatic carbocycles. The molecule has 0 aromatic heterocycles. The van der Waals surface area contributed by atoms with Crippen molar-refractivity contribution in [2.75, 3.05) is 0 Å². The minimum atomic E-state index is -1.42. The summed E-state index contributed by atoms with van der Waals surface area (Å²) in [4.78, 5) is 0. The zero-order valence-corrected chi connectivity index (χ0v) is 6.02. The summed E-state index contributed by atoms with van der Waals surface area (Å²) >= 11 is 0. The van der Waals surface area contributed by atoms with Crippen molar-refractivity contribution >= 4 is 14.5 Å². The lowest BCUT2D eigenvalue weighted by atomic mass is 10.3. The third-order valence-corrected chi connectivity index (χ3v) is 1.51. The van der Waals surface area contributed by atoms with E-state index in [0.29, 0.717) is 0 Å². The minimum Gasteiger partial charge on any atom is -0.204 e. The normalized spacial score (nSPS) is 10.0. The Bertz CT molecular complexity index is 232. The van der Waals surface area contributed by atoms with Gasteiger partial charge in [-0.25, -0.2) is 13.2 Å². The number of hydrogen-bond acceptors (Lipinski definition) is 0. The summed E-state index contributed by atoms with van der Waals surface area (Å²) in [7, 11) is 1.96. The van der Waals surface area contributed by atoms with Crippen LogP contribution in [0.15, 0.2) is 12.1 Å². The van der Waals surface area contributed by atoms with Crippen molar-refractivity contribution in [1.82, 2.24) is 0 Å². The third-order valence-electron chi connectivity index (χ3n) is 1.07. The maximum absolute atomic E-state index is 12.4. The average molecular weight is 164 g/mol. The van der Waals surface area contributed by atoms with Gasteiger partial charge in [0.25, 0.3) is 0 Å². The smallest absolute Gasteiger partial charge is 0.195 e. The summed E-state index contributed by atoms with van der Waals surface area (Å²) in [5.41, 5.74) is 0. The van der Waals surface area contributed by atoms with E-state index in [9.17, 15) is 13.2 Å². The van der Waals surface area contributed by atoms with Crippen LogP contribution in [0.4, 0.5) is 13.2 Å². The minimum absolute atomic E-state index is 0.0268. The molecule has 1 aromatic rings. The van der Waals surface area contributed by atoms with E-state index in [2.05, 4.69) is 0 Å². The van der Waals surface area contributed by atoms with Crippen LogP contribution in [0, 0.1) is 17.5 Å². The Morgan fingerprint density at radius 1 is 1.00 bits per heavy atom. The van der Waals surface area contributed by atoms with E-state index >= 15 is 0 Å². The number of benzene rings is 1. The van der Waals surface area contributed by atoms with E-state index in [1.165, 1.54) is 0 Å². The van der Waals surface area contributed by atoms with Crippen molar-refractivity contribution < 1.29 is 13.2 Å². The lowest BCUT2D eigenvalue weighted by Gasteiger charge is -1.96. The molecule has 1 aromatic carbocycles. The lowest BCUT2D eigenvalue weighted by Crippen LogP contribution is -2.03. The monoisotopic (exact) mass is 164 g/mol. The molecule has 0 radical (unpaired) electrons. The van der Waals surface area contributed by atoms with Gasteiger partial charge in [-0.1, -0.05) is 0 Å². The molecule has 0 fully saturated rings. The maximum atomic E-state index is 12.4. The van der Waals surface area contributed by atoms with E-state index in [4.69, 9.17) is 0 Å². The van der Waals surface area contributed by atoms with Crippen LogP contribution in [0.3, 0.4) is 0 Å². The van der Waals surface area contributed by atoms with Crippen LogP contribution < -0.4 is 5.30 Å². The van der Waals surface area contributed by atoms with E-state index in [-0.39, 0.29) is 5.30 Å². The molecule has 1 atom stereocenters. The SMILES string of the molecule is Fc1ccc(P)c(F)c1F. The fraction of sp³-hybridized carbons (Fsp3) is 0. The van der Waals surface area contributed by atoms with Gasteiger partial charge in [-0.2, -0.15) is 0 Å². The van der Waals surface area contributed by atoms with Crippen LogP contribution in [0.25, 0.3) is 0 Å². The molecule has 54 valence electrons. The van der Waals surface area contributed by atoms with E-state index in [1.807, 2.05) is 9.24 Å². The summed E-state index contributed by atoms with van der Waals surface area (Å²) < 4.78 is 36.7. The Labute approximate surface area is 58.3 Å². The van der Waals surface area contributed by atoms with Gasteiger partial charge in [0.1, 0.15) is 0 Å². The second-order valence-electron chi connectivity index (χ2n) is 1.76. The van der Waals surface area contributed by atoms with Crippen molar-refractivity contribution in [3.8, 4) is 0 Å². The predicted molar refractivity (Wildman–Crippen MR) is 35.7 cm³/mol. The Hall–Kier alpha value is -0.560. The molecule has 10 heavy (non-hydrogen) atoms. The van der Waals surface area contributed by atoms with E-state index in [0.717, 1.165) is 12.1 Å². The quantitative estimate of drug-likeness (QED) is 0.403. The lowest BCUT2D eigenvalue weighted by molar-refractivity contribution is 0.451. The van der Waals surface area contributed by atoms with Crippen LogP contribution in [0.1, 0.15) is 0 Å². The standard InChI is InChI=1S/C6H4F3P/c7-3-1-2-4(10)6(9)5(3)8/h1-2H,10H2. The molecule has 0 spiro atoms. The second kappa shape index (κ2) is 2.59. The molecule has 0 N–H and O–H groups in total. The fourth-order valence-corrected chi connectivity index (χ4v) is 0.764. The highest BCUT2D eigenvalue weighted by atomic mass is 31.0. The van der Waals surface area contributed by atoms with Crippen LogP contribution in [0.5, 0.6) is 0 Å². The third kappa shape index (κ3) is 1.14. The fourth-order valence-electron chi connectivity index (χ4n) is 0.541. The number of rotatable bonds is 0. The number of halogens is 3. The highest BCUT2D eigenvalue weighted by molar-refractivity contribution is 7.27. The second-order valence-corrected chi connectivity index (χ2v) is 2.39. The molecular formula is C6H4F3P. The summed E-state index contributed by atoms with van der Waals surface area (Å²) in [5, 5.41) is 0.0268. The van der Waals surface area contributed by atoms with Gasteiger partial charge in [0.15, 0.2) is 17.5 Å². The zero-order valence-electron chi connectivity index (χ0n) is 4.87. The summed E-state index contributed by atoms with van der Waals surface area (Å²) in [6.45, 7) is 0. The van der Waals surface area contributed by atoms with Crippen LogP contribution in [-0.2, 0) is 0 Å². The first-order chi connectivity index (χ1) is 4.63. The molecule has 4 heteroatoms. The van der Waals surface area contributed by atoms with Crippen molar-refractivity contribution in [1.29, 1.82) is 0 Å². The molecule has 1 unspecified atom stereocenters. The largest absolute Gasteiger partial charge is 0.204 e. The summed E-state index contributed by atoms with van der Waals surface area (Å²) in [6, 6.07) is 2.03. The van der Waals surface area contributed by atoms with Gasteiger partial charge in [0.05, 0.1) is 0 Å². The molecule has 1 rings (SSSR count). The maximum Gasteiger partial charge on any atom is 0.195 e. The molecule has 0 amide bonds. The van der Waals surface area contributed by atoms with E-state index in [1.54, 1.807) is 0 Å². The zero-order chi connectivity index (χ0) is 7.72. The molecular weight excluding hydrogens is 160 g/mol. The molecule has 0 nitrogen and oxygen atoms in total. The van der Waals surface area contributed by atoms with Crippen molar-refractivity contribution in [3.05, 3.63) is 29.6 Å². The Morgan fingerprint density at radius 3 is 2.10 bits per heavy atom. The van der Waals surface area contributed by atoms with Crippen LogP contribution in [-0.4, -0.2) is 0 Å². The van der Waals surface area contributed by atoms with Gasteiger partial charge in [-0.3, -0.25) is 0 Å². The first kappa shape index (κ1) is 7.55. The molecule has 0 aliphatic rings. The van der Waals surface area contributed by atoms with Crippen LogP contribution in [0.2, 0.25) is 0 Å². The highest BCUT2D eigenvalue weighted by Gasteiger charge is 2.09. The molecule has 0 aliphatic heterocycles. The van der Waals surface area contributed by atoms with Gasteiger partial charge in [-0.05, 0) is 12.1 Å². The van der Waals surface area contributed by atoms with Gasteiger partial charge in [0, 0.05) is 5.30 Å². The summed E-state index contributed by atoms with van der Waals surface area (Å²) in [6.07, 6.45) is 0. The topological polar surface area (TPSA) is 0 Å². The average Bonchev–Trinajstić information content (AvgIpc) is 1.93. The van der Waals surface area contributed by atoms with Crippen molar-refractivity contribution in [2.24, 2.45) is 0 Å². The first-order valence-electron chi connectivity index (χ1n) is 2.52. The van der Waals surface area contributed by atoms with Crippen molar-refractivity contribution in [2.45, 2.75) is 0 Å². The van der Waals surface area contributed by atoms with Gasteiger partial charge in [0.2, 0.25) is 0 Å². The summed E-state index contributed by atoms with van der Waals surface area (Å²) in [5.74, 6) is -3.73. The highest BCUT2D eigenvalue weighted by Crippen LogP contribution is 2.08. The number of hydrogen-bond donors (Lipinski definition) is 0. The molecule has 0 heterocycles. The molecule has 0 saturated carbocycles. The Balaban J connectivity index is 3.34. The van der Waals surface area contributed by atoms with Gasteiger partial charge in [-0.15, -0.1) is 9.24 Å². The Kier molecular flexibility index (Phi) is 1.95. The molecule has 0 bridgehead atoms. The van der Waals surface area contributed by atoms with E-state index < -0.39 is 17.5 Å². The van der Waals surface area contributed by atoms with Crippen molar-refractivity contribution in [3.63, 3.8) is 0 Å². The molecule has 0 saturated heterocycles. The van der Waals surface area contributed by atoms with Crippen LogP contribution >= 0.6 is 9.24 Å². The first-order valence-corrected chi connectivity index (χ1v) is 3.09. The van der Waals surface area contributed by atoms with Gasteiger partial charge < -0.3 is 0 Å². The van der Waals surface area contributed by atoms with Gasteiger partial charge >= 0.3 is 0 Å².